The molecule has 0 saturated carbocycles. The van der Waals surface area contributed by atoms with Gasteiger partial charge in [0.1, 0.15) is 0 Å². The van der Waals surface area contributed by atoms with Gasteiger partial charge in [0.15, 0.2) is 0 Å². The van der Waals surface area contributed by atoms with Crippen LogP contribution in [0.15, 0.2) is 47.7 Å². The first-order valence-corrected chi connectivity index (χ1v) is 7.76. The third-order valence-corrected chi connectivity index (χ3v) is 4.14. The van der Waals surface area contributed by atoms with Gasteiger partial charge < -0.3 is 10.2 Å². The smallest absolute Gasteiger partial charge is 0.255 e. The Hall–Kier alpha value is -2.03. The molecule has 1 fully saturated rings. The fourth-order valence-corrected chi connectivity index (χ4v) is 3.02. The number of rotatable bonds is 3. The maximum atomic E-state index is 12.4. The highest BCUT2D eigenvalue weighted by Crippen LogP contribution is 2.25. The first-order chi connectivity index (χ1) is 10.2. The van der Waals surface area contributed by atoms with Crippen molar-refractivity contribution in [1.82, 2.24) is 4.90 Å². The van der Waals surface area contributed by atoms with E-state index in [1.54, 1.807) is 0 Å². The van der Waals surface area contributed by atoms with Crippen LogP contribution in [0.4, 0.5) is 5.69 Å². The fourth-order valence-electron chi connectivity index (χ4n) is 3.02. The third-order valence-electron chi connectivity index (χ3n) is 4.14. The Labute approximate surface area is 126 Å². The number of hydrogen-bond acceptors (Lipinski definition) is 2. The number of carbonyl (C=O) groups excluding carboxylic acids is 1. The number of carbonyl (C=O) groups is 1. The van der Waals surface area contributed by atoms with E-state index >= 15 is 0 Å². The summed E-state index contributed by atoms with van der Waals surface area (Å²) in [5, 5.41) is 2.99. The van der Waals surface area contributed by atoms with Crippen molar-refractivity contribution in [2.24, 2.45) is 0 Å². The average molecular weight is 282 g/mol. The second-order valence-corrected chi connectivity index (χ2v) is 5.85. The molecule has 1 N–H and O–H groups in total. The second-order valence-electron chi connectivity index (χ2n) is 5.85. The topological polar surface area (TPSA) is 32.3 Å². The number of benzene rings is 1. The van der Waals surface area contributed by atoms with Crippen LogP contribution in [0, 0.1) is 6.92 Å². The molecular formula is C18H22N2O. The molecule has 0 radical (unpaired) electrons. The van der Waals surface area contributed by atoms with Gasteiger partial charge in [0.25, 0.3) is 5.91 Å². The summed E-state index contributed by atoms with van der Waals surface area (Å²) in [6.45, 7) is 4.30. The number of nitrogens with one attached hydrogen (secondary N) is 1. The monoisotopic (exact) mass is 282 g/mol. The zero-order chi connectivity index (χ0) is 14.7. The van der Waals surface area contributed by atoms with Crippen LogP contribution in [0.5, 0.6) is 0 Å². The molecule has 110 valence electrons. The van der Waals surface area contributed by atoms with Crippen LogP contribution in [0.1, 0.15) is 31.2 Å². The summed E-state index contributed by atoms with van der Waals surface area (Å²) < 4.78 is 0. The average Bonchev–Trinajstić information content (AvgIpc) is 3.02. The van der Waals surface area contributed by atoms with Crippen LogP contribution >= 0.6 is 0 Å². The molecule has 1 aliphatic heterocycles. The molecule has 1 aromatic carbocycles. The maximum absolute atomic E-state index is 12.4. The predicted octanol–water partition coefficient (Wildman–Crippen LogP) is 3.63. The van der Waals surface area contributed by atoms with Crippen LogP contribution in [-0.4, -0.2) is 23.9 Å². The van der Waals surface area contributed by atoms with Gasteiger partial charge in [0, 0.05) is 30.0 Å². The van der Waals surface area contributed by atoms with Crippen molar-refractivity contribution < 1.29 is 4.79 Å². The summed E-state index contributed by atoms with van der Waals surface area (Å²) in [7, 11) is 0. The van der Waals surface area contributed by atoms with Gasteiger partial charge in [-0.3, -0.25) is 4.79 Å². The molecule has 3 nitrogen and oxygen atoms in total. The van der Waals surface area contributed by atoms with E-state index in [1.807, 2.05) is 37.3 Å². The van der Waals surface area contributed by atoms with E-state index < -0.39 is 0 Å². The van der Waals surface area contributed by atoms with Gasteiger partial charge in [-0.1, -0.05) is 18.2 Å². The highest BCUT2D eigenvalue weighted by molar-refractivity contribution is 6.06. The predicted molar refractivity (Wildman–Crippen MR) is 86.0 cm³/mol. The van der Waals surface area contributed by atoms with E-state index in [4.69, 9.17) is 0 Å². The lowest BCUT2D eigenvalue weighted by atomic mass is 10.0. The summed E-state index contributed by atoms with van der Waals surface area (Å²) in [5.74, 6) is -0.00278. The van der Waals surface area contributed by atoms with Crippen LogP contribution in [-0.2, 0) is 4.79 Å². The van der Waals surface area contributed by atoms with E-state index in [9.17, 15) is 4.79 Å². The summed E-state index contributed by atoms with van der Waals surface area (Å²) in [5.41, 5.74) is 4.13. The lowest BCUT2D eigenvalue weighted by molar-refractivity contribution is -0.112. The van der Waals surface area contributed by atoms with E-state index in [0.29, 0.717) is 0 Å². The minimum atomic E-state index is -0.00278. The van der Waals surface area contributed by atoms with Crippen molar-refractivity contribution in [3.63, 3.8) is 0 Å². The zero-order valence-electron chi connectivity index (χ0n) is 12.6. The molecule has 2 aliphatic rings. The first kappa shape index (κ1) is 13.9. The second kappa shape index (κ2) is 6.17. The van der Waals surface area contributed by atoms with Crippen molar-refractivity contribution in [1.29, 1.82) is 0 Å². The number of allylic oxidation sites excluding steroid dienone is 2. The van der Waals surface area contributed by atoms with E-state index in [1.165, 1.54) is 18.5 Å². The molecule has 0 atom stereocenters. The van der Waals surface area contributed by atoms with E-state index in [-0.39, 0.29) is 5.91 Å². The lowest BCUT2D eigenvalue weighted by Gasteiger charge is -2.24. The summed E-state index contributed by atoms with van der Waals surface area (Å²) in [6, 6.07) is 7.92. The highest BCUT2D eigenvalue weighted by Gasteiger charge is 2.19. The molecule has 0 spiro atoms. The van der Waals surface area contributed by atoms with Gasteiger partial charge >= 0.3 is 0 Å². The molecule has 3 rings (SSSR count). The Morgan fingerprint density at radius 1 is 1.24 bits per heavy atom. The molecule has 1 aliphatic carbocycles. The molecule has 3 heteroatoms. The van der Waals surface area contributed by atoms with Gasteiger partial charge in [-0.15, -0.1) is 0 Å². The number of nitrogens with zero attached hydrogens (tertiary/aromatic N) is 1. The molecule has 0 unspecified atom stereocenters. The molecule has 0 aromatic heterocycles. The van der Waals surface area contributed by atoms with Crippen LogP contribution in [0.25, 0.3) is 0 Å². The van der Waals surface area contributed by atoms with Crippen LogP contribution in [0.3, 0.4) is 0 Å². The molecule has 1 heterocycles. The Bertz CT molecular complexity index is 595. The van der Waals surface area contributed by atoms with Crippen LogP contribution < -0.4 is 5.32 Å². The van der Waals surface area contributed by atoms with Crippen molar-refractivity contribution in [2.75, 3.05) is 18.4 Å². The van der Waals surface area contributed by atoms with Crippen molar-refractivity contribution in [2.45, 2.75) is 32.6 Å². The van der Waals surface area contributed by atoms with Gasteiger partial charge in [-0.25, -0.2) is 0 Å². The number of likely N-dealkylation sites (tertiary alicyclic amines) is 1. The summed E-state index contributed by atoms with van der Waals surface area (Å²) >= 11 is 0. The van der Waals surface area contributed by atoms with Crippen molar-refractivity contribution in [3.8, 4) is 0 Å². The summed E-state index contributed by atoms with van der Waals surface area (Å²) in [4.78, 5) is 14.8. The van der Waals surface area contributed by atoms with Gasteiger partial charge in [-0.2, -0.15) is 0 Å². The van der Waals surface area contributed by atoms with Gasteiger partial charge in [0.05, 0.1) is 0 Å². The fraction of sp³-hybridized carbons (Fsp3) is 0.389. The molecule has 1 aromatic rings. The van der Waals surface area contributed by atoms with Gasteiger partial charge in [-0.05, 0) is 56.4 Å². The standard InChI is InChI=1S/C18H22N2O/c1-14-6-4-8-16(12-14)19-18(21)15-7-5-9-17(13-15)20-10-2-3-11-20/h4,6-8,12-13H,2-3,5,9-11H2,1H3,(H,19,21). The number of anilines is 1. The minimum Gasteiger partial charge on any atom is -0.375 e. The Morgan fingerprint density at radius 2 is 2.05 bits per heavy atom. The molecule has 21 heavy (non-hydrogen) atoms. The van der Waals surface area contributed by atoms with Crippen molar-refractivity contribution >= 4 is 11.6 Å². The maximum Gasteiger partial charge on any atom is 0.255 e. The normalized spacial score (nSPS) is 18.2. The van der Waals surface area contributed by atoms with Gasteiger partial charge in [0.2, 0.25) is 0 Å². The van der Waals surface area contributed by atoms with Crippen molar-refractivity contribution in [3.05, 3.63) is 53.3 Å². The number of aryl methyl sites for hydroxylation is 1. The lowest BCUT2D eigenvalue weighted by Crippen LogP contribution is -2.22. The number of amides is 1. The van der Waals surface area contributed by atoms with E-state index in [0.717, 1.165) is 42.8 Å². The molecule has 1 saturated heterocycles. The third kappa shape index (κ3) is 3.35. The van der Waals surface area contributed by atoms with Crippen LogP contribution in [0.2, 0.25) is 0 Å². The molecule has 1 amide bonds. The minimum absolute atomic E-state index is 0.00278. The molecule has 0 bridgehead atoms. The Morgan fingerprint density at radius 3 is 2.81 bits per heavy atom. The highest BCUT2D eigenvalue weighted by atomic mass is 16.1. The largest absolute Gasteiger partial charge is 0.375 e. The summed E-state index contributed by atoms with van der Waals surface area (Å²) in [6.07, 6.45) is 8.67. The Kier molecular flexibility index (Phi) is 4.09. The van der Waals surface area contributed by atoms with E-state index in [2.05, 4.69) is 16.3 Å². The number of hydrogen-bond donors (Lipinski definition) is 1. The molecular weight excluding hydrogens is 260 g/mol. The first-order valence-electron chi connectivity index (χ1n) is 7.76. The Balaban J connectivity index is 1.70. The zero-order valence-corrected chi connectivity index (χ0v) is 12.6. The quantitative estimate of drug-likeness (QED) is 0.918. The SMILES string of the molecule is Cc1cccc(NC(=O)C2=CCCC(N3CCCC3)=C2)c1.